The Kier molecular flexibility index (Phi) is 7.73. The van der Waals surface area contributed by atoms with E-state index in [2.05, 4.69) is 38.1 Å². The molecule has 0 aromatic heterocycles. The van der Waals surface area contributed by atoms with Crippen molar-refractivity contribution in [2.75, 3.05) is 12.3 Å². The molecule has 0 N–H and O–H groups in total. The van der Waals surface area contributed by atoms with Crippen molar-refractivity contribution < 1.29 is 25.4 Å². The second-order valence-electron chi connectivity index (χ2n) is 5.35. The molecule has 0 unspecified atom stereocenters. The van der Waals surface area contributed by atoms with Crippen molar-refractivity contribution >= 4 is 32.3 Å². The van der Waals surface area contributed by atoms with Crippen molar-refractivity contribution in [3.63, 3.8) is 0 Å². The van der Waals surface area contributed by atoms with Crippen LogP contribution in [0.3, 0.4) is 0 Å². The van der Waals surface area contributed by atoms with E-state index >= 15 is 0 Å². The van der Waals surface area contributed by atoms with Gasteiger partial charge in [-0.15, -0.1) is 0 Å². The molecule has 0 spiro atoms. The van der Waals surface area contributed by atoms with E-state index in [4.69, 9.17) is 10.7 Å². The molecule has 23 heavy (non-hydrogen) atoms. The lowest BCUT2D eigenvalue weighted by Crippen LogP contribution is -3.00. The van der Waals surface area contributed by atoms with Gasteiger partial charge in [0.25, 0.3) is 9.05 Å². The van der Waals surface area contributed by atoms with E-state index in [1.54, 1.807) is 12.1 Å². The lowest BCUT2D eigenvalue weighted by molar-refractivity contribution is -0.00000682. The largest absolute Gasteiger partial charge is 1.00 e. The van der Waals surface area contributed by atoms with E-state index in [1.807, 2.05) is 18.2 Å². The standard InChI is InChI=1S/C17H21ClO2PS.BrH/c1-3-21(4-2,16-8-6-5-7-9-16)14-15-10-12-17(13-11-15)22(18,19)20;/h5-13H,3-4,14H2,1-2H3;1H/q+1;/p-1. The molecule has 0 amide bonds. The van der Waals surface area contributed by atoms with E-state index in [-0.39, 0.29) is 21.9 Å². The maximum atomic E-state index is 11.3. The molecule has 6 heteroatoms. The van der Waals surface area contributed by atoms with Gasteiger partial charge in [0.1, 0.15) is 0 Å². The van der Waals surface area contributed by atoms with Crippen molar-refractivity contribution in [1.82, 2.24) is 0 Å². The summed E-state index contributed by atoms with van der Waals surface area (Å²) in [5.74, 6) is 0. The highest BCUT2D eigenvalue weighted by molar-refractivity contribution is 8.13. The highest BCUT2D eigenvalue weighted by Gasteiger charge is 2.36. The van der Waals surface area contributed by atoms with Crippen LogP contribution in [0, 0.1) is 0 Å². The van der Waals surface area contributed by atoms with E-state index in [1.165, 1.54) is 10.9 Å². The van der Waals surface area contributed by atoms with Crippen molar-refractivity contribution in [1.29, 1.82) is 0 Å². The minimum absolute atomic E-state index is 0. The molecule has 0 aliphatic carbocycles. The maximum absolute atomic E-state index is 11.3. The Balaban J connectivity index is 0.00000264. The first-order valence-corrected chi connectivity index (χ1v) is 12.0. The van der Waals surface area contributed by atoms with Crippen LogP contribution in [0.2, 0.25) is 0 Å². The molecule has 2 nitrogen and oxygen atoms in total. The summed E-state index contributed by atoms with van der Waals surface area (Å²) in [5, 5.41) is 1.44. The molecule has 0 aliphatic heterocycles. The summed E-state index contributed by atoms with van der Waals surface area (Å²) in [5.41, 5.74) is 1.17. The summed E-state index contributed by atoms with van der Waals surface area (Å²) >= 11 is 0. The SMILES string of the molecule is CC[P+](CC)(Cc1ccc(S(=O)(=O)Cl)cc1)c1ccccc1.[Br-]. The van der Waals surface area contributed by atoms with E-state index in [0.717, 1.165) is 18.5 Å². The Morgan fingerprint density at radius 2 is 1.43 bits per heavy atom. The third-order valence-corrected chi connectivity index (χ3v) is 10.4. The fraction of sp³-hybridized carbons (Fsp3) is 0.294. The van der Waals surface area contributed by atoms with Gasteiger partial charge in [0.2, 0.25) is 0 Å². The number of benzene rings is 2. The zero-order valence-electron chi connectivity index (χ0n) is 13.2. The molecule has 0 radical (unpaired) electrons. The minimum atomic E-state index is -3.65. The van der Waals surface area contributed by atoms with Crippen molar-refractivity contribution in [2.45, 2.75) is 24.9 Å². The van der Waals surface area contributed by atoms with Crippen molar-refractivity contribution in [3.8, 4) is 0 Å². The first-order valence-electron chi connectivity index (χ1n) is 7.36. The predicted molar refractivity (Wildman–Crippen MR) is 97.3 cm³/mol. The number of rotatable bonds is 6. The Labute approximate surface area is 154 Å². The van der Waals surface area contributed by atoms with Gasteiger partial charge in [-0.3, -0.25) is 0 Å². The first-order chi connectivity index (χ1) is 10.4. The number of hydrogen-bond acceptors (Lipinski definition) is 2. The third kappa shape index (κ3) is 5.03. The minimum Gasteiger partial charge on any atom is -1.00 e. The highest BCUT2D eigenvalue weighted by Crippen LogP contribution is 2.59. The molecule has 0 saturated carbocycles. The van der Waals surface area contributed by atoms with Crippen LogP contribution in [-0.2, 0) is 15.2 Å². The molecule has 0 saturated heterocycles. The van der Waals surface area contributed by atoms with Crippen LogP contribution >= 0.6 is 17.9 Å². The molecule has 0 heterocycles. The third-order valence-electron chi connectivity index (χ3n) is 4.20. The zero-order valence-corrected chi connectivity index (χ0v) is 17.3. The summed E-state index contributed by atoms with van der Waals surface area (Å²) in [6, 6.07) is 17.7. The summed E-state index contributed by atoms with van der Waals surface area (Å²) in [7, 11) is 0.458. The number of halogens is 2. The topological polar surface area (TPSA) is 34.1 Å². The number of hydrogen-bond donors (Lipinski definition) is 0. The van der Waals surface area contributed by atoms with Gasteiger partial charge >= 0.3 is 0 Å². The highest BCUT2D eigenvalue weighted by atomic mass is 79.9. The van der Waals surface area contributed by atoms with Gasteiger partial charge in [-0.1, -0.05) is 30.3 Å². The van der Waals surface area contributed by atoms with Crippen molar-refractivity contribution in [3.05, 3.63) is 60.2 Å². The van der Waals surface area contributed by atoms with Gasteiger partial charge in [-0.05, 0) is 43.7 Å². The lowest BCUT2D eigenvalue weighted by Gasteiger charge is -2.25. The van der Waals surface area contributed by atoms with Crippen LogP contribution in [0.4, 0.5) is 0 Å². The molecular weight excluding hydrogens is 415 g/mol. The maximum Gasteiger partial charge on any atom is 0.261 e. The Morgan fingerprint density at radius 3 is 1.87 bits per heavy atom. The fourth-order valence-corrected chi connectivity index (χ4v) is 7.05. The Hall–Kier alpha value is -0.410. The molecule has 2 aromatic carbocycles. The summed E-state index contributed by atoms with van der Waals surface area (Å²) in [4.78, 5) is 0.162. The van der Waals surface area contributed by atoms with Gasteiger partial charge in [0, 0.05) is 10.7 Å². The molecule has 0 fully saturated rings. The quantitative estimate of drug-likeness (QED) is 0.509. The van der Waals surface area contributed by atoms with Crippen LogP contribution in [-0.4, -0.2) is 20.7 Å². The predicted octanol–water partition coefficient (Wildman–Crippen LogP) is 1.50. The van der Waals surface area contributed by atoms with E-state index in [9.17, 15) is 8.42 Å². The monoisotopic (exact) mass is 434 g/mol. The Bertz CT molecular complexity index is 714. The van der Waals surface area contributed by atoms with Gasteiger partial charge < -0.3 is 17.0 Å². The normalized spacial score (nSPS) is 11.8. The first kappa shape index (κ1) is 20.6. The molecule has 0 atom stereocenters. The van der Waals surface area contributed by atoms with E-state index < -0.39 is 16.3 Å². The van der Waals surface area contributed by atoms with Crippen LogP contribution < -0.4 is 22.3 Å². The molecule has 126 valence electrons. The lowest BCUT2D eigenvalue weighted by atomic mass is 10.2. The zero-order chi connectivity index (χ0) is 16.2. The molecule has 2 rings (SSSR count). The second kappa shape index (κ2) is 8.62. The Morgan fingerprint density at radius 1 is 0.913 bits per heavy atom. The summed E-state index contributed by atoms with van der Waals surface area (Å²) < 4.78 is 22.7. The summed E-state index contributed by atoms with van der Waals surface area (Å²) in [6.45, 7) is 4.50. The van der Waals surface area contributed by atoms with Crippen LogP contribution in [0.25, 0.3) is 0 Å². The van der Waals surface area contributed by atoms with Crippen LogP contribution in [0.15, 0.2) is 59.5 Å². The molecule has 2 aromatic rings. The van der Waals surface area contributed by atoms with Crippen LogP contribution in [0.5, 0.6) is 0 Å². The molecular formula is C17H21BrClO2PS. The van der Waals surface area contributed by atoms with Gasteiger partial charge in [0.15, 0.2) is 0 Å². The van der Waals surface area contributed by atoms with Gasteiger partial charge in [-0.25, -0.2) is 8.42 Å². The van der Waals surface area contributed by atoms with E-state index in [0.29, 0.717) is 0 Å². The average Bonchev–Trinajstić information content (AvgIpc) is 2.53. The second-order valence-corrected chi connectivity index (χ2v) is 12.3. The fourth-order valence-electron chi connectivity index (χ4n) is 2.75. The van der Waals surface area contributed by atoms with Gasteiger partial charge in [-0.2, -0.15) is 0 Å². The average molecular weight is 436 g/mol. The molecule has 0 aliphatic rings. The van der Waals surface area contributed by atoms with Gasteiger partial charge in [0.05, 0.1) is 35.9 Å². The summed E-state index contributed by atoms with van der Waals surface area (Å²) in [6.07, 6.45) is 3.28. The van der Waals surface area contributed by atoms with Crippen LogP contribution in [0.1, 0.15) is 19.4 Å². The van der Waals surface area contributed by atoms with Crippen molar-refractivity contribution in [2.24, 2.45) is 0 Å². The smallest absolute Gasteiger partial charge is 0.261 e. The molecule has 0 bridgehead atoms.